The number of hydrogen-bond acceptors (Lipinski definition) is 11. The number of benzene rings is 3. The van der Waals surface area contributed by atoms with Crippen molar-refractivity contribution in [3.63, 3.8) is 0 Å². The van der Waals surface area contributed by atoms with Gasteiger partial charge in [0.15, 0.2) is 0 Å². The molecule has 0 radical (unpaired) electrons. The number of morpholine rings is 1. The van der Waals surface area contributed by atoms with Gasteiger partial charge in [0.25, 0.3) is 0 Å². The first kappa shape index (κ1) is 39.8. The Labute approximate surface area is 343 Å². The minimum atomic E-state index is -5.87. The van der Waals surface area contributed by atoms with Gasteiger partial charge in [-0.25, -0.2) is 9.97 Å². The fraction of sp³-hybridized carbons (Fsp3) is 0.209. The van der Waals surface area contributed by atoms with Crippen molar-refractivity contribution < 1.29 is 30.5 Å². The smallest absolute Gasteiger partial charge is 0.378 e. The number of para-hydroxylation sites is 1. The van der Waals surface area contributed by atoms with Crippen LogP contribution in [0.1, 0.15) is 0 Å². The van der Waals surface area contributed by atoms with E-state index in [0.29, 0.717) is 23.9 Å². The molecule has 9 rings (SSSR count). The number of alkyl halides is 3. The van der Waals surface area contributed by atoms with Crippen molar-refractivity contribution in [2.24, 2.45) is 0 Å². The molecule has 0 unspecified atom stereocenters. The van der Waals surface area contributed by atoms with E-state index in [9.17, 15) is 21.6 Å². The van der Waals surface area contributed by atoms with E-state index in [2.05, 4.69) is 93.4 Å². The molecule has 2 aliphatic rings. The van der Waals surface area contributed by atoms with E-state index in [-0.39, 0.29) is 16.6 Å². The third kappa shape index (κ3) is 9.02. The average molecular weight is 840 g/mol. The van der Waals surface area contributed by atoms with Gasteiger partial charge in [0.2, 0.25) is 5.88 Å². The largest absolute Gasteiger partial charge is 0.534 e. The molecule has 0 saturated carbocycles. The summed E-state index contributed by atoms with van der Waals surface area (Å²) in [5.74, 6) is -0.676. The lowest BCUT2D eigenvalue weighted by Gasteiger charge is -2.37. The third-order valence-electron chi connectivity index (χ3n) is 10.1. The molecule has 0 aliphatic carbocycles. The molecular weight excluding hydrogens is 803 g/mol. The molecular formula is C43H37ClF3N7O4S. The minimum Gasteiger partial charge on any atom is -0.378 e. The highest BCUT2D eigenvalue weighted by molar-refractivity contribution is 7.88. The van der Waals surface area contributed by atoms with Crippen LogP contribution in [0.5, 0.6) is 5.88 Å². The van der Waals surface area contributed by atoms with Crippen LogP contribution in [-0.2, 0) is 14.9 Å². The summed E-state index contributed by atoms with van der Waals surface area (Å²) in [4.78, 5) is 24.1. The number of pyridine rings is 4. The van der Waals surface area contributed by atoms with Crippen LogP contribution < -0.4 is 18.9 Å². The predicted molar refractivity (Wildman–Crippen MR) is 224 cm³/mol. The van der Waals surface area contributed by atoms with E-state index < -0.39 is 21.5 Å². The summed E-state index contributed by atoms with van der Waals surface area (Å²) < 4.78 is 71.1. The summed E-state index contributed by atoms with van der Waals surface area (Å²) in [6.45, 7) is 6.85. The van der Waals surface area contributed by atoms with Crippen LogP contribution in [-0.4, -0.2) is 86.3 Å². The molecule has 302 valence electrons. The van der Waals surface area contributed by atoms with E-state index >= 15 is 0 Å². The van der Waals surface area contributed by atoms with Gasteiger partial charge in [-0.3, -0.25) is 9.97 Å². The number of aromatic nitrogens is 4. The fourth-order valence-electron chi connectivity index (χ4n) is 6.96. The Morgan fingerprint density at radius 3 is 1.61 bits per heavy atom. The Morgan fingerprint density at radius 1 is 0.593 bits per heavy atom. The molecule has 0 atom stereocenters. The van der Waals surface area contributed by atoms with Crippen LogP contribution in [0, 0.1) is 0 Å². The highest BCUT2D eigenvalue weighted by Gasteiger charge is 2.49. The molecule has 11 nitrogen and oxygen atoms in total. The van der Waals surface area contributed by atoms with Crippen LogP contribution in [0.25, 0.3) is 44.3 Å². The number of rotatable bonds is 7. The van der Waals surface area contributed by atoms with Gasteiger partial charge in [-0.2, -0.15) is 21.6 Å². The van der Waals surface area contributed by atoms with Crippen LogP contribution in [0.3, 0.4) is 0 Å². The first-order valence-corrected chi connectivity index (χ1v) is 20.6. The summed E-state index contributed by atoms with van der Waals surface area (Å²) in [5.41, 5.74) is 1.78. The second-order valence-electron chi connectivity index (χ2n) is 13.7. The second kappa shape index (κ2) is 17.1. The van der Waals surface area contributed by atoms with Gasteiger partial charge >= 0.3 is 15.6 Å². The summed E-state index contributed by atoms with van der Waals surface area (Å²) in [6.07, 6.45) is 3.22. The third-order valence-corrected chi connectivity index (χ3v) is 11.3. The standard InChI is InChI=1S/C24H21ClN4.C19H16F3N3O4S/c25-24-21-7-4-12-26-23(21)17-22(27-24)18-8-10-20(11-9-18)29-15-13-28(14-16-29)19-5-2-1-3-6-19;20-19(21,22)30(26,27)29-18-15-2-1-7-23-17(15)12-16(24-18)13-3-5-14(6-4-13)25-8-10-28-11-9-25/h1-12,17H,13-16H2;1-7,12H,8-11H2. The molecule has 4 aromatic heterocycles. The molecule has 16 heteroatoms. The molecule has 2 saturated heterocycles. The number of hydrogen-bond donors (Lipinski definition) is 0. The van der Waals surface area contributed by atoms with Crippen molar-refractivity contribution in [3.05, 3.63) is 133 Å². The number of fused-ring (bicyclic) bond motifs is 2. The Balaban J connectivity index is 0.000000164. The Morgan fingerprint density at radius 2 is 1.07 bits per heavy atom. The zero-order chi connectivity index (χ0) is 41.0. The molecule has 0 amide bonds. The molecule has 7 aromatic rings. The topological polar surface area (TPSA) is 114 Å². The number of nitrogens with zero attached hydrogens (tertiary/aromatic N) is 7. The lowest BCUT2D eigenvalue weighted by atomic mass is 10.1. The van der Waals surface area contributed by atoms with Crippen molar-refractivity contribution >= 4 is 60.6 Å². The maximum absolute atomic E-state index is 12.8. The summed E-state index contributed by atoms with van der Waals surface area (Å²) in [7, 11) is -5.87. The number of ether oxygens (including phenoxy) is 1. The zero-order valence-electron chi connectivity index (χ0n) is 31.5. The molecule has 0 N–H and O–H groups in total. The lowest BCUT2D eigenvalue weighted by molar-refractivity contribution is -0.0500. The van der Waals surface area contributed by atoms with Gasteiger partial charge in [-0.1, -0.05) is 54.1 Å². The van der Waals surface area contributed by atoms with Gasteiger partial charge < -0.3 is 23.6 Å². The Kier molecular flexibility index (Phi) is 11.5. The Hall–Kier alpha value is -6.03. The summed E-state index contributed by atoms with van der Waals surface area (Å²) in [5, 5.41) is 1.43. The van der Waals surface area contributed by atoms with E-state index in [0.717, 1.165) is 67.1 Å². The van der Waals surface area contributed by atoms with Gasteiger partial charge in [-0.05, 0) is 72.8 Å². The van der Waals surface area contributed by atoms with Crippen molar-refractivity contribution in [3.8, 4) is 28.4 Å². The molecule has 6 heterocycles. The molecule has 2 aliphatic heterocycles. The van der Waals surface area contributed by atoms with E-state index in [1.54, 1.807) is 24.4 Å². The minimum absolute atomic E-state index is 0.0546. The number of piperazine rings is 1. The SMILES string of the molecule is Clc1nc(-c2ccc(N3CCN(c4ccccc4)CC3)cc2)cc2ncccc12.O=S(=O)(Oc1nc(-c2ccc(N3CCOCC3)cc2)cc2ncccc12)C(F)(F)F. The maximum atomic E-state index is 12.8. The second-order valence-corrected chi connectivity index (χ2v) is 15.6. The van der Waals surface area contributed by atoms with Crippen molar-refractivity contribution in [1.29, 1.82) is 0 Å². The summed E-state index contributed by atoms with van der Waals surface area (Å²) >= 11 is 6.37. The first-order valence-electron chi connectivity index (χ1n) is 18.8. The van der Waals surface area contributed by atoms with Crippen LogP contribution in [0.4, 0.5) is 30.2 Å². The van der Waals surface area contributed by atoms with Gasteiger partial charge in [0.1, 0.15) is 5.15 Å². The highest BCUT2D eigenvalue weighted by Crippen LogP contribution is 2.34. The maximum Gasteiger partial charge on any atom is 0.534 e. The van der Waals surface area contributed by atoms with Crippen molar-refractivity contribution in [2.75, 3.05) is 67.2 Å². The van der Waals surface area contributed by atoms with E-state index in [1.807, 2.05) is 30.3 Å². The van der Waals surface area contributed by atoms with E-state index in [1.165, 1.54) is 29.7 Å². The molecule has 0 bridgehead atoms. The predicted octanol–water partition coefficient (Wildman–Crippen LogP) is 8.64. The van der Waals surface area contributed by atoms with Gasteiger partial charge in [0.05, 0.1) is 41.0 Å². The van der Waals surface area contributed by atoms with Gasteiger partial charge in [0, 0.05) is 85.2 Å². The molecule has 0 spiro atoms. The van der Waals surface area contributed by atoms with Gasteiger partial charge in [-0.15, -0.1) is 0 Å². The van der Waals surface area contributed by atoms with E-state index in [4.69, 9.17) is 16.3 Å². The zero-order valence-corrected chi connectivity index (χ0v) is 33.0. The van der Waals surface area contributed by atoms with Crippen LogP contribution in [0.15, 0.2) is 128 Å². The van der Waals surface area contributed by atoms with Crippen LogP contribution >= 0.6 is 11.6 Å². The molecule has 2 fully saturated rings. The first-order chi connectivity index (χ1) is 28.5. The van der Waals surface area contributed by atoms with Crippen molar-refractivity contribution in [2.45, 2.75) is 5.51 Å². The highest BCUT2D eigenvalue weighted by atomic mass is 35.5. The van der Waals surface area contributed by atoms with Crippen molar-refractivity contribution in [1.82, 2.24) is 19.9 Å². The normalized spacial score (nSPS) is 14.9. The number of anilines is 3. The molecule has 3 aromatic carbocycles. The number of halogens is 4. The molecule has 59 heavy (non-hydrogen) atoms. The quantitative estimate of drug-likeness (QED) is 0.0874. The average Bonchev–Trinajstić information content (AvgIpc) is 3.27. The summed E-state index contributed by atoms with van der Waals surface area (Å²) in [6, 6.07) is 36.7. The lowest BCUT2D eigenvalue weighted by Crippen LogP contribution is -2.46. The Bertz CT molecular complexity index is 2660. The van der Waals surface area contributed by atoms with Crippen LogP contribution in [0.2, 0.25) is 5.15 Å². The fourth-order valence-corrected chi connectivity index (χ4v) is 7.64. The monoisotopic (exact) mass is 839 g/mol.